The summed E-state index contributed by atoms with van der Waals surface area (Å²) in [5.41, 5.74) is 1.11. The Labute approximate surface area is 153 Å². The second kappa shape index (κ2) is 12.6. The van der Waals surface area contributed by atoms with Crippen LogP contribution >= 0.6 is 0 Å². The molecule has 1 N–H and O–H groups in total. The number of hydrogen-bond acceptors (Lipinski definition) is 3. The van der Waals surface area contributed by atoms with Gasteiger partial charge >= 0.3 is 0 Å². The molecular formula is C22H34N2O. The number of ether oxygens (including phenoxy) is 1. The quantitative estimate of drug-likeness (QED) is 0.456. The summed E-state index contributed by atoms with van der Waals surface area (Å²) in [6, 6.07) is 8.21. The summed E-state index contributed by atoms with van der Waals surface area (Å²) < 4.78 is 5.85. The summed E-state index contributed by atoms with van der Waals surface area (Å²) in [6.45, 7) is 3.84. The largest absolute Gasteiger partial charge is 0.494 e. The summed E-state index contributed by atoms with van der Waals surface area (Å²) in [6.07, 6.45) is 17.5. The fraction of sp³-hybridized carbons (Fsp3) is 0.591. The van der Waals surface area contributed by atoms with E-state index >= 15 is 0 Å². The zero-order valence-electron chi connectivity index (χ0n) is 15.8. The average molecular weight is 343 g/mol. The zero-order chi connectivity index (χ0) is 17.6. The summed E-state index contributed by atoms with van der Waals surface area (Å²) >= 11 is 0. The second-order valence-electron chi connectivity index (χ2n) is 6.79. The summed E-state index contributed by atoms with van der Waals surface area (Å²) in [4.78, 5) is 4.44. The van der Waals surface area contributed by atoms with E-state index in [0.29, 0.717) is 0 Å². The van der Waals surface area contributed by atoms with Crippen LogP contribution in [0.2, 0.25) is 0 Å². The molecule has 0 radical (unpaired) electrons. The van der Waals surface area contributed by atoms with E-state index in [4.69, 9.17) is 4.74 Å². The Balaban J connectivity index is 1.49. The highest BCUT2D eigenvalue weighted by Gasteiger charge is 2.04. The lowest BCUT2D eigenvalue weighted by Crippen LogP contribution is -2.21. The molecule has 1 aromatic carbocycles. The second-order valence-corrected chi connectivity index (χ2v) is 6.79. The third-order valence-electron chi connectivity index (χ3n) is 4.59. The molecule has 0 saturated carbocycles. The van der Waals surface area contributed by atoms with Gasteiger partial charge in [-0.3, -0.25) is 4.99 Å². The van der Waals surface area contributed by atoms with Crippen LogP contribution in [0.15, 0.2) is 41.5 Å². The zero-order valence-corrected chi connectivity index (χ0v) is 15.8. The molecule has 0 spiro atoms. The molecule has 3 nitrogen and oxygen atoms in total. The number of nitrogens with one attached hydrogen (secondary N) is 1. The van der Waals surface area contributed by atoms with Gasteiger partial charge < -0.3 is 10.1 Å². The average Bonchev–Trinajstić information content (AvgIpc) is 2.67. The van der Waals surface area contributed by atoms with Gasteiger partial charge in [0.1, 0.15) is 11.6 Å². The molecule has 25 heavy (non-hydrogen) atoms. The van der Waals surface area contributed by atoms with Crippen LogP contribution in [0, 0.1) is 0 Å². The molecule has 0 fully saturated rings. The smallest absolute Gasteiger partial charge is 0.132 e. The van der Waals surface area contributed by atoms with Crippen molar-refractivity contribution >= 4 is 5.84 Å². The van der Waals surface area contributed by atoms with Crippen molar-refractivity contribution in [2.75, 3.05) is 13.2 Å². The first-order valence-corrected chi connectivity index (χ1v) is 10.1. The Bertz CT molecular complexity index is 519. The van der Waals surface area contributed by atoms with E-state index in [-0.39, 0.29) is 0 Å². The molecule has 1 aromatic rings. The molecule has 1 heterocycles. The fourth-order valence-electron chi connectivity index (χ4n) is 3.04. The molecule has 1 aliphatic rings. The number of amidine groups is 1. The predicted molar refractivity (Wildman–Crippen MR) is 107 cm³/mol. The van der Waals surface area contributed by atoms with Gasteiger partial charge in [0, 0.05) is 11.8 Å². The van der Waals surface area contributed by atoms with Gasteiger partial charge in [-0.25, -0.2) is 0 Å². The molecular weight excluding hydrogens is 308 g/mol. The fourth-order valence-corrected chi connectivity index (χ4v) is 3.04. The van der Waals surface area contributed by atoms with Gasteiger partial charge in [-0.2, -0.15) is 0 Å². The van der Waals surface area contributed by atoms with E-state index < -0.39 is 0 Å². The number of unbranched alkanes of at least 4 members (excludes halogenated alkanes) is 9. The van der Waals surface area contributed by atoms with Crippen molar-refractivity contribution in [1.82, 2.24) is 5.32 Å². The van der Waals surface area contributed by atoms with E-state index in [0.717, 1.165) is 36.7 Å². The first kappa shape index (κ1) is 19.6. The van der Waals surface area contributed by atoms with Crippen LogP contribution in [-0.4, -0.2) is 19.0 Å². The lowest BCUT2D eigenvalue weighted by molar-refractivity contribution is 0.304. The molecule has 0 saturated heterocycles. The van der Waals surface area contributed by atoms with Crippen molar-refractivity contribution in [3.05, 3.63) is 42.1 Å². The van der Waals surface area contributed by atoms with Crippen molar-refractivity contribution in [3.63, 3.8) is 0 Å². The first-order valence-electron chi connectivity index (χ1n) is 10.1. The van der Waals surface area contributed by atoms with Gasteiger partial charge in [-0.05, 0) is 36.8 Å². The van der Waals surface area contributed by atoms with Gasteiger partial charge in [-0.1, -0.05) is 64.7 Å². The molecule has 138 valence electrons. The standard InChI is InChI=1S/C22H34N2O/c1-2-3-4-5-6-7-8-9-10-11-19-25-21-15-13-20(14-16-21)22-23-17-12-18-24-22/h12-17H,2-11,18-19H2,1H3,(H,23,24). The molecule has 0 unspecified atom stereocenters. The maximum Gasteiger partial charge on any atom is 0.132 e. The number of benzene rings is 1. The highest BCUT2D eigenvalue weighted by Crippen LogP contribution is 2.15. The minimum absolute atomic E-state index is 0.749. The summed E-state index contributed by atoms with van der Waals surface area (Å²) in [7, 11) is 0. The minimum Gasteiger partial charge on any atom is -0.494 e. The highest BCUT2D eigenvalue weighted by molar-refractivity contribution is 5.99. The number of nitrogens with zero attached hydrogens (tertiary/aromatic N) is 1. The van der Waals surface area contributed by atoms with Crippen LogP contribution in [0.1, 0.15) is 76.7 Å². The molecule has 0 atom stereocenters. The van der Waals surface area contributed by atoms with Crippen molar-refractivity contribution < 1.29 is 4.74 Å². The van der Waals surface area contributed by atoms with Crippen LogP contribution in [0.5, 0.6) is 5.75 Å². The number of rotatable bonds is 13. The van der Waals surface area contributed by atoms with Gasteiger partial charge in [0.05, 0.1) is 13.2 Å². The lowest BCUT2D eigenvalue weighted by atomic mass is 10.1. The topological polar surface area (TPSA) is 33.6 Å². The summed E-state index contributed by atoms with van der Waals surface area (Å²) in [5.74, 6) is 1.88. The maximum atomic E-state index is 5.85. The van der Waals surface area contributed by atoms with E-state index in [1.54, 1.807) is 0 Å². The molecule has 0 bridgehead atoms. The highest BCUT2D eigenvalue weighted by atomic mass is 16.5. The monoisotopic (exact) mass is 342 g/mol. The van der Waals surface area contributed by atoms with Crippen LogP contribution < -0.4 is 10.1 Å². The molecule has 1 aliphatic heterocycles. The molecule has 0 aromatic heterocycles. The minimum atomic E-state index is 0.749. The Morgan fingerprint density at radius 3 is 2.12 bits per heavy atom. The molecule has 0 amide bonds. The molecule has 0 aliphatic carbocycles. The molecule has 3 heteroatoms. The van der Waals surface area contributed by atoms with Gasteiger partial charge in [0.15, 0.2) is 0 Å². The van der Waals surface area contributed by atoms with E-state index in [1.807, 2.05) is 24.4 Å². The van der Waals surface area contributed by atoms with Gasteiger partial charge in [0.2, 0.25) is 0 Å². The Kier molecular flexibility index (Phi) is 9.83. The van der Waals surface area contributed by atoms with Crippen molar-refractivity contribution in [3.8, 4) is 5.75 Å². The van der Waals surface area contributed by atoms with Crippen molar-refractivity contribution in [1.29, 1.82) is 0 Å². The van der Waals surface area contributed by atoms with Gasteiger partial charge in [-0.15, -0.1) is 0 Å². The lowest BCUT2D eigenvalue weighted by Gasteiger charge is -2.11. The maximum absolute atomic E-state index is 5.85. The van der Waals surface area contributed by atoms with E-state index in [2.05, 4.69) is 29.4 Å². The Hall–Kier alpha value is -1.77. The SMILES string of the molecule is CCCCCCCCCCCCOc1ccc(C2=NCC=CN2)cc1. The Morgan fingerprint density at radius 2 is 1.52 bits per heavy atom. The predicted octanol–water partition coefficient (Wildman–Crippen LogP) is 5.85. The molecule has 2 rings (SSSR count). The van der Waals surface area contributed by atoms with Crippen LogP contribution in [0.4, 0.5) is 0 Å². The van der Waals surface area contributed by atoms with Crippen molar-refractivity contribution in [2.24, 2.45) is 4.99 Å². The van der Waals surface area contributed by atoms with Crippen LogP contribution in [0.3, 0.4) is 0 Å². The first-order chi connectivity index (χ1) is 12.4. The normalized spacial score (nSPS) is 13.4. The third kappa shape index (κ3) is 8.24. The summed E-state index contributed by atoms with van der Waals surface area (Å²) in [5, 5.41) is 3.17. The van der Waals surface area contributed by atoms with Gasteiger partial charge in [0.25, 0.3) is 0 Å². The Morgan fingerprint density at radius 1 is 0.880 bits per heavy atom. The van der Waals surface area contributed by atoms with E-state index in [9.17, 15) is 0 Å². The van der Waals surface area contributed by atoms with E-state index in [1.165, 1.54) is 57.8 Å². The van der Waals surface area contributed by atoms with Crippen molar-refractivity contribution in [2.45, 2.75) is 71.1 Å². The number of aliphatic imine (C=N–C) groups is 1. The number of hydrogen-bond donors (Lipinski definition) is 1. The van der Waals surface area contributed by atoms with Crippen LogP contribution in [0.25, 0.3) is 0 Å². The van der Waals surface area contributed by atoms with Crippen LogP contribution in [-0.2, 0) is 0 Å². The third-order valence-corrected chi connectivity index (χ3v) is 4.59.